The van der Waals surface area contributed by atoms with E-state index in [9.17, 15) is 9.59 Å². The molecule has 0 aromatic heterocycles. The topological polar surface area (TPSA) is 49.4 Å². The Bertz CT molecular complexity index is 267. The maximum absolute atomic E-state index is 11.5. The molecule has 0 aromatic carbocycles. The third-order valence-electron chi connectivity index (χ3n) is 2.00. The van der Waals surface area contributed by atoms with Gasteiger partial charge in [-0.05, 0) is 6.42 Å². The quantitative estimate of drug-likeness (QED) is 0.574. The molecule has 0 saturated carbocycles. The number of likely N-dealkylation sites (N-methyl/N-ethyl adjacent to an activating group) is 1. The summed E-state index contributed by atoms with van der Waals surface area (Å²) in [6, 6.07) is -0.370. The van der Waals surface area contributed by atoms with Gasteiger partial charge in [-0.3, -0.25) is 9.59 Å². The van der Waals surface area contributed by atoms with Gasteiger partial charge in [0.25, 0.3) is 0 Å². The van der Waals surface area contributed by atoms with E-state index < -0.39 is 0 Å². The van der Waals surface area contributed by atoms with E-state index in [-0.39, 0.29) is 24.4 Å². The zero-order chi connectivity index (χ0) is 9.84. The van der Waals surface area contributed by atoms with Crippen LogP contribution in [0.4, 0.5) is 0 Å². The van der Waals surface area contributed by atoms with E-state index in [4.69, 9.17) is 6.42 Å². The molecule has 0 unspecified atom stereocenters. The fourth-order valence-corrected chi connectivity index (χ4v) is 1.28. The first-order valence-electron chi connectivity index (χ1n) is 4.13. The SMILES string of the molecule is C#CCN(C)C(=O)[C@@H]1CCC(=O)N1. The standard InChI is InChI=1S/C9H12N2O2/c1-3-6-11(2)9(13)7-4-5-8(12)10-7/h1,7H,4-6H2,2H3,(H,10,12)/t7-/m0/s1. The third kappa shape index (κ3) is 2.22. The van der Waals surface area contributed by atoms with Crippen LogP contribution in [0, 0.1) is 12.3 Å². The minimum Gasteiger partial charge on any atom is -0.344 e. The van der Waals surface area contributed by atoms with Crippen LogP contribution in [-0.2, 0) is 9.59 Å². The van der Waals surface area contributed by atoms with Crippen molar-refractivity contribution in [3.63, 3.8) is 0 Å². The van der Waals surface area contributed by atoms with Gasteiger partial charge in [-0.2, -0.15) is 0 Å². The number of rotatable bonds is 2. The van der Waals surface area contributed by atoms with Crippen molar-refractivity contribution in [2.45, 2.75) is 18.9 Å². The molecule has 0 radical (unpaired) electrons. The monoisotopic (exact) mass is 180 g/mol. The Morgan fingerprint density at radius 2 is 2.54 bits per heavy atom. The van der Waals surface area contributed by atoms with E-state index in [1.165, 1.54) is 4.90 Å². The Labute approximate surface area is 77.3 Å². The molecule has 1 aliphatic rings. The van der Waals surface area contributed by atoms with E-state index in [2.05, 4.69) is 11.2 Å². The summed E-state index contributed by atoms with van der Waals surface area (Å²) >= 11 is 0. The van der Waals surface area contributed by atoms with Crippen LogP contribution in [-0.4, -0.2) is 36.3 Å². The molecule has 0 aliphatic carbocycles. The summed E-state index contributed by atoms with van der Waals surface area (Å²) in [6.07, 6.45) is 6.07. The summed E-state index contributed by atoms with van der Waals surface area (Å²) in [6.45, 7) is 0.283. The second kappa shape index (κ2) is 3.94. The molecule has 1 N–H and O–H groups in total. The van der Waals surface area contributed by atoms with Crippen LogP contribution in [0.25, 0.3) is 0 Å². The molecule has 1 heterocycles. The number of amides is 2. The summed E-state index contributed by atoms with van der Waals surface area (Å²) in [5.74, 6) is 2.21. The van der Waals surface area contributed by atoms with Gasteiger partial charge in [-0.15, -0.1) is 6.42 Å². The first kappa shape index (κ1) is 9.59. The predicted molar refractivity (Wildman–Crippen MR) is 47.6 cm³/mol. The van der Waals surface area contributed by atoms with Crippen LogP contribution in [0.5, 0.6) is 0 Å². The average Bonchev–Trinajstić information content (AvgIpc) is 2.51. The van der Waals surface area contributed by atoms with Crippen molar-refractivity contribution < 1.29 is 9.59 Å². The Hall–Kier alpha value is -1.50. The Morgan fingerprint density at radius 1 is 1.85 bits per heavy atom. The van der Waals surface area contributed by atoms with Gasteiger partial charge in [0, 0.05) is 13.5 Å². The van der Waals surface area contributed by atoms with Gasteiger partial charge in [-0.25, -0.2) is 0 Å². The number of nitrogens with one attached hydrogen (secondary N) is 1. The number of carbonyl (C=O) groups is 2. The zero-order valence-corrected chi connectivity index (χ0v) is 7.54. The van der Waals surface area contributed by atoms with Gasteiger partial charge in [-0.1, -0.05) is 5.92 Å². The van der Waals surface area contributed by atoms with E-state index >= 15 is 0 Å². The fourth-order valence-electron chi connectivity index (χ4n) is 1.28. The van der Waals surface area contributed by atoms with Crippen LogP contribution in [0.2, 0.25) is 0 Å². The maximum Gasteiger partial charge on any atom is 0.245 e. The number of hydrogen-bond donors (Lipinski definition) is 1. The molecule has 0 spiro atoms. The molecule has 0 aromatic rings. The van der Waals surface area contributed by atoms with Crippen LogP contribution in [0.1, 0.15) is 12.8 Å². The lowest BCUT2D eigenvalue weighted by Gasteiger charge is -2.18. The fraction of sp³-hybridized carbons (Fsp3) is 0.556. The first-order chi connectivity index (χ1) is 6.15. The number of terminal acetylenes is 1. The number of hydrogen-bond acceptors (Lipinski definition) is 2. The highest BCUT2D eigenvalue weighted by molar-refractivity contribution is 5.90. The molecule has 1 saturated heterocycles. The summed E-state index contributed by atoms with van der Waals surface area (Å²) < 4.78 is 0. The second-order valence-electron chi connectivity index (χ2n) is 3.06. The van der Waals surface area contributed by atoms with Gasteiger partial charge in [0.15, 0.2) is 0 Å². The van der Waals surface area contributed by atoms with E-state index in [0.717, 1.165) is 0 Å². The van der Waals surface area contributed by atoms with Crippen molar-refractivity contribution in [3.8, 4) is 12.3 Å². The van der Waals surface area contributed by atoms with Crippen LogP contribution >= 0.6 is 0 Å². The van der Waals surface area contributed by atoms with Crippen molar-refractivity contribution in [2.24, 2.45) is 0 Å². The Balaban J connectivity index is 2.49. The molecule has 1 rings (SSSR count). The van der Waals surface area contributed by atoms with Gasteiger partial charge < -0.3 is 10.2 Å². The number of carbonyl (C=O) groups excluding carboxylic acids is 2. The third-order valence-corrected chi connectivity index (χ3v) is 2.00. The Morgan fingerprint density at radius 3 is 3.00 bits per heavy atom. The molecule has 2 amide bonds. The Kier molecular flexibility index (Phi) is 2.91. The molecule has 1 aliphatic heterocycles. The molecule has 0 bridgehead atoms. The predicted octanol–water partition coefficient (Wildman–Crippen LogP) is -0.643. The van der Waals surface area contributed by atoms with Crippen molar-refractivity contribution >= 4 is 11.8 Å². The van der Waals surface area contributed by atoms with Crippen molar-refractivity contribution in [2.75, 3.05) is 13.6 Å². The molecule has 4 nitrogen and oxygen atoms in total. The van der Waals surface area contributed by atoms with Gasteiger partial charge in [0.1, 0.15) is 6.04 Å². The minimum absolute atomic E-state index is 0.0625. The number of nitrogens with zero attached hydrogens (tertiary/aromatic N) is 1. The first-order valence-corrected chi connectivity index (χ1v) is 4.13. The molecular formula is C9H12N2O2. The lowest BCUT2D eigenvalue weighted by atomic mass is 10.2. The van der Waals surface area contributed by atoms with Crippen LogP contribution in [0.3, 0.4) is 0 Å². The smallest absolute Gasteiger partial charge is 0.245 e. The van der Waals surface area contributed by atoms with Crippen LogP contribution in [0.15, 0.2) is 0 Å². The second-order valence-corrected chi connectivity index (χ2v) is 3.06. The lowest BCUT2D eigenvalue weighted by molar-refractivity contribution is -0.132. The molecule has 1 fully saturated rings. The molecule has 1 atom stereocenters. The van der Waals surface area contributed by atoms with Crippen LogP contribution < -0.4 is 5.32 Å². The highest BCUT2D eigenvalue weighted by Gasteiger charge is 2.28. The largest absolute Gasteiger partial charge is 0.344 e. The van der Waals surface area contributed by atoms with E-state index in [1.54, 1.807) is 7.05 Å². The van der Waals surface area contributed by atoms with Gasteiger partial charge in [0.05, 0.1) is 6.54 Å². The van der Waals surface area contributed by atoms with Gasteiger partial charge in [0.2, 0.25) is 11.8 Å². The average molecular weight is 180 g/mol. The van der Waals surface area contributed by atoms with E-state index in [1.807, 2.05) is 0 Å². The van der Waals surface area contributed by atoms with Crippen molar-refractivity contribution in [1.29, 1.82) is 0 Å². The minimum atomic E-state index is -0.370. The summed E-state index contributed by atoms with van der Waals surface area (Å²) in [4.78, 5) is 23.8. The normalized spacial score (nSPS) is 20.6. The maximum atomic E-state index is 11.5. The molecule has 4 heteroatoms. The molecule has 13 heavy (non-hydrogen) atoms. The molecule has 70 valence electrons. The summed E-state index contributed by atoms with van der Waals surface area (Å²) in [5.41, 5.74) is 0. The molecular weight excluding hydrogens is 168 g/mol. The highest BCUT2D eigenvalue weighted by Crippen LogP contribution is 2.08. The lowest BCUT2D eigenvalue weighted by Crippen LogP contribution is -2.42. The zero-order valence-electron chi connectivity index (χ0n) is 7.54. The van der Waals surface area contributed by atoms with Gasteiger partial charge >= 0.3 is 0 Å². The van der Waals surface area contributed by atoms with E-state index in [0.29, 0.717) is 12.8 Å². The van der Waals surface area contributed by atoms with Crippen molar-refractivity contribution in [3.05, 3.63) is 0 Å². The summed E-state index contributed by atoms with van der Waals surface area (Å²) in [5, 5.41) is 2.59. The summed E-state index contributed by atoms with van der Waals surface area (Å²) in [7, 11) is 1.63. The van der Waals surface area contributed by atoms with Crippen molar-refractivity contribution in [1.82, 2.24) is 10.2 Å². The highest BCUT2D eigenvalue weighted by atomic mass is 16.2.